The topological polar surface area (TPSA) is 140 Å². The van der Waals surface area contributed by atoms with Crippen LogP contribution < -0.4 is 10.9 Å². The summed E-state index contributed by atoms with van der Waals surface area (Å²) >= 11 is 2.51. The molecule has 0 spiro atoms. The smallest absolute Gasteiger partial charge is 0.249 e. The average molecular weight is 354 g/mol. The van der Waals surface area contributed by atoms with Crippen LogP contribution in [0.5, 0.6) is 0 Å². The van der Waals surface area contributed by atoms with Crippen molar-refractivity contribution >= 4 is 35.3 Å². The van der Waals surface area contributed by atoms with Gasteiger partial charge in [-0.2, -0.15) is 0 Å². The fourth-order valence-electron chi connectivity index (χ4n) is 2.17. The van der Waals surface area contributed by atoms with Crippen molar-refractivity contribution in [1.29, 1.82) is 0 Å². The maximum atomic E-state index is 11.5. The second-order valence-corrected chi connectivity index (χ2v) is 6.66. The molecular weight excluding hydrogens is 344 g/mol. The number of aliphatic hydroxyl groups excluding tert-OH is 1. The van der Waals surface area contributed by atoms with E-state index in [0.29, 0.717) is 16.1 Å². The lowest BCUT2D eigenvalue weighted by Gasteiger charge is -2.18. The second-order valence-electron chi connectivity index (χ2n) is 4.78. The molecule has 4 rings (SSSR count). The summed E-state index contributed by atoms with van der Waals surface area (Å²) in [7, 11) is 0. The Bertz CT molecular complexity index is 802. The van der Waals surface area contributed by atoms with Crippen molar-refractivity contribution in [2.75, 3.05) is 22.4 Å². The molecule has 1 unspecified atom stereocenters. The zero-order chi connectivity index (χ0) is 16.0. The van der Waals surface area contributed by atoms with Gasteiger partial charge in [0.25, 0.3) is 0 Å². The lowest BCUT2D eigenvalue weighted by Crippen LogP contribution is -2.33. The molecule has 2 aliphatic heterocycles. The molecule has 0 bridgehead atoms. The molecule has 2 aliphatic rings. The monoisotopic (exact) mass is 354 g/mol. The zero-order valence-corrected chi connectivity index (χ0v) is 13.1. The number of carbonyl (C=O) groups excluding carboxylic acids is 2. The van der Waals surface area contributed by atoms with Crippen LogP contribution in [-0.4, -0.2) is 58.2 Å². The van der Waals surface area contributed by atoms with Crippen molar-refractivity contribution in [2.45, 2.75) is 22.8 Å². The van der Waals surface area contributed by atoms with E-state index in [2.05, 4.69) is 31.2 Å². The molecule has 23 heavy (non-hydrogen) atoms. The Morgan fingerprint density at radius 2 is 1.61 bits per heavy atom. The highest BCUT2D eigenvalue weighted by atomic mass is 32.2. The largest absolute Gasteiger partial charge is 0.385 e. The number of thioether (sulfide) groups is 2. The van der Waals surface area contributed by atoms with Gasteiger partial charge in [-0.3, -0.25) is 20.4 Å². The van der Waals surface area contributed by atoms with Crippen molar-refractivity contribution in [3.63, 3.8) is 0 Å². The SMILES string of the molecule is O=C1CSc2nnc(CC(O)c3nnc4n3NC(=O)CS4)n2N1. The molecule has 1 atom stereocenters. The fourth-order valence-corrected chi connectivity index (χ4v) is 3.57. The van der Waals surface area contributed by atoms with Crippen molar-refractivity contribution in [3.8, 4) is 0 Å². The van der Waals surface area contributed by atoms with Gasteiger partial charge in [0.2, 0.25) is 22.1 Å². The maximum Gasteiger partial charge on any atom is 0.249 e. The van der Waals surface area contributed by atoms with Crippen molar-refractivity contribution in [1.82, 2.24) is 29.7 Å². The quantitative estimate of drug-likeness (QED) is 0.600. The van der Waals surface area contributed by atoms with Crippen LogP contribution in [0.3, 0.4) is 0 Å². The van der Waals surface area contributed by atoms with Gasteiger partial charge in [0.15, 0.2) is 11.6 Å². The molecule has 120 valence electrons. The number of hydrogen-bond acceptors (Lipinski definition) is 9. The number of rotatable bonds is 3. The van der Waals surface area contributed by atoms with E-state index >= 15 is 0 Å². The third kappa shape index (κ3) is 2.55. The first-order valence-electron chi connectivity index (χ1n) is 6.55. The van der Waals surface area contributed by atoms with Crippen LogP contribution >= 0.6 is 23.5 Å². The minimum atomic E-state index is -1.06. The Balaban J connectivity index is 1.59. The second kappa shape index (κ2) is 5.50. The summed E-state index contributed by atoms with van der Waals surface area (Å²) in [5, 5.41) is 27.2. The van der Waals surface area contributed by atoms with Gasteiger partial charge in [-0.1, -0.05) is 23.5 Å². The van der Waals surface area contributed by atoms with E-state index in [1.807, 2.05) is 0 Å². The molecular formula is C10H10N8O3S2. The molecule has 2 aromatic heterocycles. The summed E-state index contributed by atoms with van der Waals surface area (Å²) in [5.41, 5.74) is 5.23. The highest BCUT2D eigenvalue weighted by Crippen LogP contribution is 2.25. The predicted molar refractivity (Wildman–Crippen MR) is 78.9 cm³/mol. The number of aromatic nitrogens is 6. The molecule has 2 amide bonds. The maximum absolute atomic E-state index is 11.5. The van der Waals surface area contributed by atoms with Gasteiger partial charge in [0, 0.05) is 6.42 Å². The Hall–Kier alpha value is -2.12. The number of hydrogen-bond donors (Lipinski definition) is 3. The standard InChI is InChI=1S/C10H10N8O3S2/c19-4(8-12-14-10-18(8)16-7(21)3-23-10)1-5-11-13-9-17(5)15-6(20)2-22-9/h4,19H,1-3H2,(H,15,20)(H,16,21). The van der Waals surface area contributed by atoms with Crippen LogP contribution in [0.15, 0.2) is 10.3 Å². The van der Waals surface area contributed by atoms with Crippen LogP contribution in [0.1, 0.15) is 17.8 Å². The number of fused-ring (bicyclic) bond motifs is 2. The summed E-state index contributed by atoms with van der Waals surface area (Å²) in [6.45, 7) is 0. The molecule has 4 heterocycles. The van der Waals surface area contributed by atoms with Crippen LogP contribution in [0.4, 0.5) is 0 Å². The van der Waals surface area contributed by atoms with Crippen molar-refractivity contribution in [2.24, 2.45) is 0 Å². The molecule has 0 radical (unpaired) electrons. The van der Waals surface area contributed by atoms with Crippen LogP contribution in [0.2, 0.25) is 0 Å². The normalized spacial score (nSPS) is 18.0. The minimum Gasteiger partial charge on any atom is -0.385 e. The van der Waals surface area contributed by atoms with Crippen molar-refractivity contribution < 1.29 is 14.7 Å². The van der Waals surface area contributed by atoms with E-state index in [0.717, 1.165) is 0 Å². The van der Waals surface area contributed by atoms with Gasteiger partial charge in [-0.25, -0.2) is 9.35 Å². The van der Waals surface area contributed by atoms with Gasteiger partial charge < -0.3 is 5.11 Å². The summed E-state index contributed by atoms with van der Waals surface area (Å²) in [6, 6.07) is 0. The van der Waals surface area contributed by atoms with E-state index in [4.69, 9.17) is 0 Å². The highest BCUT2D eigenvalue weighted by molar-refractivity contribution is 8.00. The molecule has 13 heteroatoms. The lowest BCUT2D eigenvalue weighted by molar-refractivity contribution is -0.115. The van der Waals surface area contributed by atoms with Crippen molar-refractivity contribution in [3.05, 3.63) is 11.6 Å². The third-order valence-corrected chi connectivity index (χ3v) is 5.03. The molecule has 0 fully saturated rings. The predicted octanol–water partition coefficient (Wildman–Crippen LogP) is -1.50. The number of aliphatic hydroxyl groups is 1. The van der Waals surface area contributed by atoms with E-state index in [1.165, 1.54) is 32.9 Å². The third-order valence-electron chi connectivity index (χ3n) is 3.17. The number of carbonyl (C=O) groups is 2. The Kier molecular flexibility index (Phi) is 3.46. The lowest BCUT2D eigenvalue weighted by atomic mass is 10.2. The van der Waals surface area contributed by atoms with Gasteiger partial charge in [-0.15, -0.1) is 20.4 Å². The molecule has 2 aromatic rings. The molecule has 3 N–H and O–H groups in total. The molecule has 0 saturated heterocycles. The van der Waals surface area contributed by atoms with E-state index < -0.39 is 6.10 Å². The molecule has 0 aliphatic carbocycles. The van der Waals surface area contributed by atoms with E-state index in [-0.39, 0.29) is 35.6 Å². The first kappa shape index (κ1) is 14.5. The average Bonchev–Trinajstić information content (AvgIpc) is 3.11. The first-order valence-corrected chi connectivity index (χ1v) is 8.52. The Morgan fingerprint density at radius 1 is 1.00 bits per heavy atom. The van der Waals surface area contributed by atoms with Crippen LogP contribution in [0.25, 0.3) is 0 Å². The Labute approximate surface area is 137 Å². The highest BCUT2D eigenvalue weighted by Gasteiger charge is 2.28. The number of nitrogens with one attached hydrogen (secondary N) is 2. The Morgan fingerprint density at radius 3 is 2.35 bits per heavy atom. The summed E-state index contributed by atoms with van der Waals surface area (Å²) in [4.78, 5) is 22.9. The molecule has 11 nitrogen and oxygen atoms in total. The fraction of sp³-hybridized carbons (Fsp3) is 0.400. The summed E-state index contributed by atoms with van der Waals surface area (Å²) < 4.78 is 2.81. The van der Waals surface area contributed by atoms with Crippen LogP contribution in [-0.2, 0) is 16.0 Å². The first-order chi connectivity index (χ1) is 11.1. The van der Waals surface area contributed by atoms with Gasteiger partial charge in [0.1, 0.15) is 6.10 Å². The van der Waals surface area contributed by atoms with E-state index in [1.54, 1.807) is 0 Å². The van der Waals surface area contributed by atoms with Crippen LogP contribution in [0, 0.1) is 0 Å². The number of amides is 2. The van der Waals surface area contributed by atoms with Gasteiger partial charge in [-0.05, 0) is 0 Å². The summed E-state index contributed by atoms with van der Waals surface area (Å²) in [5.74, 6) is 0.769. The molecule has 0 saturated carbocycles. The summed E-state index contributed by atoms with van der Waals surface area (Å²) in [6.07, 6.45) is -1.00. The zero-order valence-electron chi connectivity index (χ0n) is 11.5. The number of nitrogens with zero attached hydrogens (tertiary/aromatic N) is 6. The van der Waals surface area contributed by atoms with Gasteiger partial charge >= 0.3 is 0 Å². The van der Waals surface area contributed by atoms with E-state index in [9.17, 15) is 14.7 Å². The molecule has 0 aromatic carbocycles. The van der Waals surface area contributed by atoms with Gasteiger partial charge in [0.05, 0.1) is 11.5 Å². The minimum absolute atomic E-state index is 0.0620.